The van der Waals surface area contributed by atoms with Gasteiger partial charge in [-0.1, -0.05) is 0 Å². The Kier molecular flexibility index (Phi) is 1.33. The second-order valence-corrected chi connectivity index (χ2v) is 2.90. The number of rotatable bonds is 1. The largest absolute Gasteiger partial charge is 0.382 e. The Labute approximate surface area is 69.3 Å². The minimum Gasteiger partial charge on any atom is -0.382 e. The number of primary amides is 1. The van der Waals surface area contributed by atoms with E-state index in [1.807, 2.05) is 0 Å². The van der Waals surface area contributed by atoms with Gasteiger partial charge < -0.3 is 11.5 Å². The zero-order valence-electron chi connectivity index (χ0n) is 6.58. The molecule has 0 saturated heterocycles. The Bertz CT molecular complexity index is 341. The van der Waals surface area contributed by atoms with Crippen LogP contribution in [0, 0.1) is 0 Å². The molecule has 0 unspecified atom stereocenters. The fraction of sp³-hybridized carbons (Fsp3) is 0.429. The first-order valence-electron chi connectivity index (χ1n) is 3.85. The molecule has 0 aliphatic carbocycles. The average molecular weight is 166 g/mol. The molecule has 0 bridgehead atoms. The lowest BCUT2D eigenvalue weighted by molar-refractivity contribution is 0.100. The molecule has 1 aliphatic heterocycles. The lowest BCUT2D eigenvalue weighted by Gasteiger charge is -1.93. The molecule has 4 N–H and O–H groups in total. The van der Waals surface area contributed by atoms with E-state index in [-0.39, 0.29) is 5.82 Å². The fourth-order valence-electron chi connectivity index (χ4n) is 1.62. The number of fused-ring (bicyclic) bond motifs is 1. The first-order valence-corrected chi connectivity index (χ1v) is 3.85. The number of hydrogen-bond acceptors (Lipinski definition) is 3. The number of amides is 1. The number of carbonyl (C=O) groups excluding carboxylic acids is 1. The molecular formula is C7H10N4O. The van der Waals surface area contributed by atoms with E-state index in [2.05, 4.69) is 5.10 Å². The number of hydrogen-bond donors (Lipinski definition) is 2. The Morgan fingerprint density at radius 1 is 1.58 bits per heavy atom. The van der Waals surface area contributed by atoms with E-state index in [0.717, 1.165) is 25.1 Å². The maximum Gasteiger partial charge on any atom is 0.254 e. The van der Waals surface area contributed by atoms with E-state index in [1.54, 1.807) is 4.68 Å². The number of aryl methyl sites for hydroxylation is 1. The SMILES string of the molecule is NC(=O)c1c(N)nn2c1CCC2. The molecule has 1 aromatic heterocycles. The van der Waals surface area contributed by atoms with Crippen LogP contribution in [0.3, 0.4) is 0 Å². The van der Waals surface area contributed by atoms with Crippen LogP contribution in [0.15, 0.2) is 0 Å². The number of nitrogens with zero attached hydrogens (tertiary/aromatic N) is 2. The van der Waals surface area contributed by atoms with Crippen molar-refractivity contribution in [3.8, 4) is 0 Å². The van der Waals surface area contributed by atoms with Crippen LogP contribution in [0.4, 0.5) is 5.82 Å². The third-order valence-corrected chi connectivity index (χ3v) is 2.11. The molecule has 0 aromatic carbocycles. The normalized spacial score (nSPS) is 14.7. The predicted octanol–water partition coefficient (Wildman–Crippen LogP) is -0.490. The zero-order chi connectivity index (χ0) is 8.72. The van der Waals surface area contributed by atoms with E-state index >= 15 is 0 Å². The van der Waals surface area contributed by atoms with Gasteiger partial charge in [0.05, 0.1) is 5.69 Å². The topological polar surface area (TPSA) is 86.9 Å². The minimum atomic E-state index is -0.476. The molecule has 2 rings (SSSR count). The first-order chi connectivity index (χ1) is 5.70. The Morgan fingerprint density at radius 3 is 3.00 bits per heavy atom. The standard InChI is InChI=1S/C7H10N4O/c8-6-5(7(9)12)4-2-1-3-11(4)10-6/h1-3H2,(H2,8,10)(H2,9,12). The number of nitrogen functional groups attached to an aromatic ring is 1. The molecule has 1 amide bonds. The van der Waals surface area contributed by atoms with Crippen molar-refractivity contribution in [2.75, 3.05) is 5.73 Å². The number of aromatic nitrogens is 2. The van der Waals surface area contributed by atoms with Gasteiger partial charge in [0.25, 0.3) is 5.91 Å². The molecule has 0 spiro atoms. The second kappa shape index (κ2) is 2.23. The Hall–Kier alpha value is -1.52. The van der Waals surface area contributed by atoms with E-state index in [4.69, 9.17) is 11.5 Å². The highest BCUT2D eigenvalue weighted by atomic mass is 16.1. The molecule has 1 aliphatic rings. The van der Waals surface area contributed by atoms with E-state index in [0.29, 0.717) is 5.56 Å². The molecule has 1 aromatic rings. The Balaban J connectivity index is 2.59. The minimum absolute atomic E-state index is 0.261. The fourth-order valence-corrected chi connectivity index (χ4v) is 1.62. The van der Waals surface area contributed by atoms with Gasteiger partial charge in [0.15, 0.2) is 5.82 Å². The smallest absolute Gasteiger partial charge is 0.254 e. The van der Waals surface area contributed by atoms with Crippen molar-refractivity contribution < 1.29 is 4.79 Å². The van der Waals surface area contributed by atoms with Crippen molar-refractivity contribution in [3.63, 3.8) is 0 Å². The van der Waals surface area contributed by atoms with E-state index in [9.17, 15) is 4.79 Å². The third-order valence-electron chi connectivity index (χ3n) is 2.11. The second-order valence-electron chi connectivity index (χ2n) is 2.90. The van der Waals surface area contributed by atoms with Gasteiger partial charge >= 0.3 is 0 Å². The highest BCUT2D eigenvalue weighted by molar-refractivity contribution is 5.98. The van der Waals surface area contributed by atoms with Gasteiger partial charge in [-0.05, 0) is 12.8 Å². The van der Waals surface area contributed by atoms with E-state index in [1.165, 1.54) is 0 Å². The monoisotopic (exact) mass is 166 g/mol. The van der Waals surface area contributed by atoms with Crippen LogP contribution in [-0.2, 0) is 13.0 Å². The zero-order valence-corrected chi connectivity index (χ0v) is 6.58. The van der Waals surface area contributed by atoms with Crippen molar-refractivity contribution in [1.29, 1.82) is 0 Å². The number of anilines is 1. The summed E-state index contributed by atoms with van der Waals surface area (Å²) in [6, 6.07) is 0. The van der Waals surface area contributed by atoms with Gasteiger partial charge in [-0.2, -0.15) is 5.10 Å². The Morgan fingerprint density at radius 2 is 2.33 bits per heavy atom. The molecule has 0 fully saturated rings. The lowest BCUT2D eigenvalue weighted by atomic mass is 10.2. The quantitative estimate of drug-likeness (QED) is 0.590. The maximum absolute atomic E-state index is 10.9. The van der Waals surface area contributed by atoms with Crippen molar-refractivity contribution in [1.82, 2.24) is 9.78 Å². The average Bonchev–Trinajstić information content (AvgIpc) is 2.44. The molecule has 5 nitrogen and oxygen atoms in total. The summed E-state index contributed by atoms with van der Waals surface area (Å²) in [5.74, 6) is -0.215. The van der Waals surface area contributed by atoms with Gasteiger partial charge in [0.2, 0.25) is 0 Å². The van der Waals surface area contributed by atoms with Crippen molar-refractivity contribution in [3.05, 3.63) is 11.3 Å². The number of carbonyl (C=O) groups is 1. The summed E-state index contributed by atoms with van der Waals surface area (Å²) in [6.45, 7) is 0.840. The van der Waals surface area contributed by atoms with Crippen LogP contribution in [0.5, 0.6) is 0 Å². The number of nitrogens with two attached hydrogens (primary N) is 2. The summed E-state index contributed by atoms with van der Waals surface area (Å²) >= 11 is 0. The van der Waals surface area contributed by atoms with Crippen LogP contribution in [0.2, 0.25) is 0 Å². The molecule has 64 valence electrons. The van der Waals surface area contributed by atoms with Crippen LogP contribution < -0.4 is 11.5 Å². The summed E-state index contributed by atoms with van der Waals surface area (Å²) < 4.78 is 1.76. The molecular weight excluding hydrogens is 156 g/mol. The van der Waals surface area contributed by atoms with Gasteiger partial charge in [0.1, 0.15) is 5.56 Å². The van der Waals surface area contributed by atoms with Crippen molar-refractivity contribution >= 4 is 11.7 Å². The summed E-state index contributed by atoms with van der Waals surface area (Å²) in [7, 11) is 0. The maximum atomic E-state index is 10.9. The first kappa shape index (κ1) is 7.15. The third kappa shape index (κ3) is 0.792. The lowest BCUT2D eigenvalue weighted by Crippen LogP contribution is -2.14. The van der Waals surface area contributed by atoms with Crippen LogP contribution >= 0.6 is 0 Å². The van der Waals surface area contributed by atoms with E-state index < -0.39 is 5.91 Å². The van der Waals surface area contributed by atoms with Gasteiger partial charge in [-0.3, -0.25) is 9.48 Å². The molecule has 0 atom stereocenters. The summed E-state index contributed by atoms with van der Waals surface area (Å²) in [6.07, 6.45) is 1.87. The van der Waals surface area contributed by atoms with Gasteiger partial charge in [-0.15, -0.1) is 0 Å². The summed E-state index contributed by atoms with van der Waals surface area (Å²) in [4.78, 5) is 10.9. The van der Waals surface area contributed by atoms with Crippen LogP contribution in [0.1, 0.15) is 22.5 Å². The highest BCUT2D eigenvalue weighted by Crippen LogP contribution is 2.22. The summed E-state index contributed by atoms with van der Waals surface area (Å²) in [5, 5.41) is 4.01. The molecule has 2 heterocycles. The molecule has 5 heteroatoms. The van der Waals surface area contributed by atoms with Crippen molar-refractivity contribution in [2.45, 2.75) is 19.4 Å². The van der Waals surface area contributed by atoms with Crippen LogP contribution in [0.25, 0.3) is 0 Å². The molecule has 12 heavy (non-hydrogen) atoms. The highest BCUT2D eigenvalue weighted by Gasteiger charge is 2.23. The van der Waals surface area contributed by atoms with Crippen LogP contribution in [-0.4, -0.2) is 15.7 Å². The summed E-state index contributed by atoms with van der Waals surface area (Å²) in [5.41, 5.74) is 12.0. The molecule has 0 saturated carbocycles. The van der Waals surface area contributed by atoms with Gasteiger partial charge in [0, 0.05) is 6.54 Å². The molecule has 0 radical (unpaired) electrons. The predicted molar refractivity (Wildman–Crippen MR) is 43.5 cm³/mol. The van der Waals surface area contributed by atoms with Crippen molar-refractivity contribution in [2.24, 2.45) is 5.73 Å². The van der Waals surface area contributed by atoms with Gasteiger partial charge in [-0.25, -0.2) is 0 Å².